The second-order valence-corrected chi connectivity index (χ2v) is 7.57. The van der Waals surface area contributed by atoms with E-state index >= 15 is 0 Å². The number of esters is 1. The van der Waals surface area contributed by atoms with Gasteiger partial charge in [0.25, 0.3) is 5.91 Å². The molecular weight excluding hydrogens is 328 g/mol. The topological polar surface area (TPSA) is 75.7 Å². The molecule has 0 bridgehead atoms. The fraction of sp³-hybridized carbons (Fsp3) is 0.471. The van der Waals surface area contributed by atoms with Crippen molar-refractivity contribution in [2.45, 2.75) is 37.6 Å². The zero-order valence-corrected chi connectivity index (χ0v) is 14.5. The molecule has 2 aliphatic rings. The summed E-state index contributed by atoms with van der Waals surface area (Å²) in [6.07, 6.45) is 1.25. The van der Waals surface area contributed by atoms with Gasteiger partial charge in [-0.15, -0.1) is 11.8 Å². The van der Waals surface area contributed by atoms with Gasteiger partial charge < -0.3 is 15.0 Å². The Kier molecular flexibility index (Phi) is 4.54. The molecule has 2 saturated heterocycles. The van der Waals surface area contributed by atoms with Crippen LogP contribution in [0.2, 0.25) is 0 Å². The maximum absolute atomic E-state index is 12.5. The molecule has 0 aliphatic carbocycles. The Hall–Kier alpha value is -2.02. The lowest BCUT2D eigenvalue weighted by Crippen LogP contribution is -2.47. The Bertz CT molecular complexity index is 676. The molecule has 2 atom stereocenters. The van der Waals surface area contributed by atoms with Gasteiger partial charge in [-0.25, -0.2) is 4.79 Å². The van der Waals surface area contributed by atoms with Crippen molar-refractivity contribution >= 4 is 29.5 Å². The van der Waals surface area contributed by atoms with E-state index in [2.05, 4.69) is 5.32 Å². The predicted octanol–water partition coefficient (Wildman–Crippen LogP) is 1.80. The van der Waals surface area contributed by atoms with Crippen molar-refractivity contribution in [3.05, 3.63) is 29.8 Å². The first-order valence-electron chi connectivity index (χ1n) is 8.00. The lowest BCUT2D eigenvalue weighted by molar-refractivity contribution is -0.146. The molecule has 128 valence electrons. The van der Waals surface area contributed by atoms with Crippen LogP contribution in [0.4, 0.5) is 0 Å². The second-order valence-electron chi connectivity index (χ2n) is 6.07. The first-order chi connectivity index (χ1) is 11.4. The van der Waals surface area contributed by atoms with Crippen molar-refractivity contribution in [3.8, 4) is 5.75 Å². The summed E-state index contributed by atoms with van der Waals surface area (Å²) < 4.78 is 5.42. The summed E-state index contributed by atoms with van der Waals surface area (Å²) in [6, 6.07) is 5.87. The first kappa shape index (κ1) is 16.8. The number of hydrogen-bond donors (Lipinski definition) is 1. The first-order valence-corrected chi connectivity index (χ1v) is 8.99. The van der Waals surface area contributed by atoms with Crippen LogP contribution < -0.4 is 10.1 Å². The molecule has 0 spiro atoms. The fourth-order valence-electron chi connectivity index (χ4n) is 3.12. The number of fused-ring (bicyclic) bond motifs is 1. The molecule has 1 aromatic carbocycles. The average molecular weight is 348 g/mol. The summed E-state index contributed by atoms with van der Waals surface area (Å²) >= 11 is 1.63. The van der Waals surface area contributed by atoms with Gasteiger partial charge in [0.15, 0.2) is 0 Å². The van der Waals surface area contributed by atoms with E-state index in [4.69, 9.17) is 4.74 Å². The summed E-state index contributed by atoms with van der Waals surface area (Å²) in [7, 11) is 0. The zero-order valence-electron chi connectivity index (χ0n) is 13.7. The Morgan fingerprint density at radius 3 is 2.75 bits per heavy atom. The minimum Gasteiger partial charge on any atom is -0.425 e. The number of thioether (sulfide) groups is 1. The molecule has 2 fully saturated rings. The molecule has 1 aromatic rings. The Balaban J connectivity index is 1.67. The summed E-state index contributed by atoms with van der Waals surface area (Å²) in [5, 5.41) is 2.71. The van der Waals surface area contributed by atoms with Crippen molar-refractivity contribution in [2.75, 3.05) is 12.3 Å². The van der Waals surface area contributed by atoms with Gasteiger partial charge in [0.2, 0.25) is 5.91 Å². The lowest BCUT2D eigenvalue weighted by Gasteiger charge is -2.29. The van der Waals surface area contributed by atoms with Gasteiger partial charge >= 0.3 is 5.97 Å². The smallest absolute Gasteiger partial charge is 0.335 e. The summed E-state index contributed by atoms with van der Waals surface area (Å²) in [4.78, 5) is 37.6. The van der Waals surface area contributed by atoms with Crippen LogP contribution in [-0.2, 0) is 9.59 Å². The molecular formula is C17H20N2O4S. The minimum absolute atomic E-state index is 0.0102. The van der Waals surface area contributed by atoms with E-state index in [1.807, 2.05) is 13.8 Å². The monoisotopic (exact) mass is 348 g/mol. The number of amides is 2. The molecule has 2 aliphatic heterocycles. The van der Waals surface area contributed by atoms with Crippen LogP contribution in [0.1, 0.15) is 37.0 Å². The van der Waals surface area contributed by atoms with Gasteiger partial charge in [-0.05, 0) is 44.5 Å². The SMILES string of the molecule is CCNC(=O)c1ccc(OC(=O)[C@H]2CS[C@@]3(C)CCC(=O)N23)cc1. The molecule has 6 nitrogen and oxygen atoms in total. The molecule has 2 amide bonds. The van der Waals surface area contributed by atoms with E-state index < -0.39 is 12.0 Å². The average Bonchev–Trinajstić information content (AvgIpc) is 3.05. The number of nitrogens with one attached hydrogen (secondary N) is 1. The molecule has 3 rings (SSSR count). The Morgan fingerprint density at radius 1 is 1.38 bits per heavy atom. The summed E-state index contributed by atoms with van der Waals surface area (Å²) in [5.74, 6) is 0.348. The third-order valence-corrected chi connectivity index (χ3v) is 5.89. The number of ether oxygens (including phenoxy) is 1. The second kappa shape index (κ2) is 6.47. The predicted molar refractivity (Wildman–Crippen MR) is 90.8 cm³/mol. The highest BCUT2D eigenvalue weighted by Crippen LogP contribution is 2.47. The largest absolute Gasteiger partial charge is 0.425 e. The van der Waals surface area contributed by atoms with Crippen LogP contribution in [0.3, 0.4) is 0 Å². The van der Waals surface area contributed by atoms with Crippen molar-refractivity contribution in [1.82, 2.24) is 10.2 Å². The van der Waals surface area contributed by atoms with Gasteiger partial charge in [0.1, 0.15) is 11.8 Å². The molecule has 7 heteroatoms. The molecule has 0 radical (unpaired) electrons. The lowest BCUT2D eigenvalue weighted by atomic mass is 10.2. The fourth-order valence-corrected chi connectivity index (χ4v) is 4.53. The van der Waals surface area contributed by atoms with Crippen LogP contribution in [0.25, 0.3) is 0 Å². The summed E-state index contributed by atoms with van der Waals surface area (Å²) in [6.45, 7) is 4.40. The van der Waals surface area contributed by atoms with Gasteiger partial charge in [-0.1, -0.05) is 0 Å². The van der Waals surface area contributed by atoms with Crippen LogP contribution in [-0.4, -0.2) is 45.9 Å². The Morgan fingerprint density at radius 2 is 2.08 bits per heavy atom. The molecule has 0 aromatic heterocycles. The number of nitrogens with zero attached hydrogens (tertiary/aromatic N) is 1. The van der Waals surface area contributed by atoms with E-state index in [1.54, 1.807) is 40.9 Å². The third-order valence-electron chi connectivity index (χ3n) is 4.39. The van der Waals surface area contributed by atoms with Gasteiger partial charge in [0.05, 0.1) is 4.87 Å². The number of carbonyl (C=O) groups excluding carboxylic acids is 3. The number of carbonyl (C=O) groups is 3. The van der Waals surface area contributed by atoms with Crippen molar-refractivity contribution in [1.29, 1.82) is 0 Å². The number of hydrogen-bond acceptors (Lipinski definition) is 5. The van der Waals surface area contributed by atoms with Crippen LogP contribution in [0, 0.1) is 0 Å². The molecule has 2 heterocycles. The highest BCUT2D eigenvalue weighted by molar-refractivity contribution is 8.01. The van der Waals surface area contributed by atoms with Gasteiger partial charge in [-0.2, -0.15) is 0 Å². The highest BCUT2D eigenvalue weighted by Gasteiger charge is 2.53. The van der Waals surface area contributed by atoms with Crippen molar-refractivity contribution in [3.63, 3.8) is 0 Å². The van der Waals surface area contributed by atoms with E-state index in [0.717, 1.165) is 6.42 Å². The third kappa shape index (κ3) is 3.00. The maximum Gasteiger partial charge on any atom is 0.335 e. The van der Waals surface area contributed by atoms with Crippen molar-refractivity contribution in [2.24, 2.45) is 0 Å². The molecule has 1 N–H and O–H groups in total. The quantitative estimate of drug-likeness (QED) is 0.663. The molecule has 0 saturated carbocycles. The van der Waals surface area contributed by atoms with E-state index in [1.165, 1.54) is 0 Å². The van der Waals surface area contributed by atoms with E-state index in [0.29, 0.717) is 30.0 Å². The van der Waals surface area contributed by atoms with Crippen molar-refractivity contribution < 1.29 is 19.1 Å². The summed E-state index contributed by atoms with van der Waals surface area (Å²) in [5.41, 5.74) is 0.510. The Labute approximate surface area is 144 Å². The molecule has 24 heavy (non-hydrogen) atoms. The van der Waals surface area contributed by atoms with E-state index in [-0.39, 0.29) is 16.7 Å². The number of rotatable bonds is 4. The molecule has 0 unspecified atom stereocenters. The van der Waals surface area contributed by atoms with E-state index in [9.17, 15) is 14.4 Å². The van der Waals surface area contributed by atoms with Crippen LogP contribution >= 0.6 is 11.8 Å². The standard InChI is InChI=1S/C17H20N2O4S/c1-3-18-15(21)11-4-6-12(7-5-11)23-16(22)13-10-24-17(2)9-8-14(20)19(13)17/h4-7,13H,3,8-10H2,1-2H3,(H,18,21)/t13-,17+/m1/s1. The minimum atomic E-state index is -0.543. The van der Waals surface area contributed by atoms with Crippen LogP contribution in [0.5, 0.6) is 5.75 Å². The number of benzene rings is 1. The zero-order chi connectivity index (χ0) is 17.3. The maximum atomic E-state index is 12.5. The van der Waals surface area contributed by atoms with Crippen LogP contribution in [0.15, 0.2) is 24.3 Å². The van der Waals surface area contributed by atoms with Gasteiger partial charge in [0, 0.05) is 24.3 Å². The van der Waals surface area contributed by atoms with Gasteiger partial charge in [-0.3, -0.25) is 9.59 Å². The highest BCUT2D eigenvalue weighted by atomic mass is 32.2. The normalized spacial score (nSPS) is 25.5.